The molecule has 3 nitrogen and oxygen atoms in total. The summed E-state index contributed by atoms with van der Waals surface area (Å²) in [6.45, 7) is 0. The summed E-state index contributed by atoms with van der Waals surface area (Å²) in [5.74, 6) is -2.45. The van der Waals surface area contributed by atoms with Crippen LogP contribution in [0.25, 0.3) is 0 Å². The zero-order valence-corrected chi connectivity index (χ0v) is 6.93. The van der Waals surface area contributed by atoms with Crippen molar-refractivity contribution in [2.24, 2.45) is 0 Å². The lowest BCUT2D eigenvalue weighted by Gasteiger charge is -2.11. The Kier molecular flexibility index (Phi) is 2.78. The van der Waals surface area contributed by atoms with E-state index in [0.717, 1.165) is 19.5 Å². The number of aromatic nitrogens is 1. The minimum atomic E-state index is -4.90. The molecule has 0 spiro atoms. The first-order chi connectivity index (χ1) is 6.44. The molecule has 14 heavy (non-hydrogen) atoms. The van der Waals surface area contributed by atoms with Gasteiger partial charge in [-0.1, -0.05) is 0 Å². The molecule has 0 saturated carbocycles. The Hall–Kier alpha value is -1.53. The Labute approximate surface area is 76.3 Å². The van der Waals surface area contributed by atoms with Crippen LogP contribution in [0.15, 0.2) is 12.4 Å². The van der Waals surface area contributed by atoms with Crippen molar-refractivity contribution in [3.8, 4) is 11.5 Å². The highest BCUT2D eigenvalue weighted by atomic mass is 19.4. The van der Waals surface area contributed by atoms with Gasteiger partial charge in [0, 0.05) is 0 Å². The van der Waals surface area contributed by atoms with Crippen molar-refractivity contribution in [3.63, 3.8) is 0 Å². The molecule has 0 aliphatic carbocycles. The maximum absolute atomic E-state index is 12.8. The normalized spacial score (nSPS) is 11.2. The minimum Gasteiger partial charge on any atom is -0.490 e. The Morgan fingerprint density at radius 2 is 1.93 bits per heavy atom. The third-order valence-corrected chi connectivity index (χ3v) is 1.25. The molecule has 78 valence electrons. The molecule has 0 radical (unpaired) electrons. The molecule has 0 amide bonds. The maximum atomic E-state index is 12.8. The van der Waals surface area contributed by atoms with Crippen LogP contribution in [0.2, 0.25) is 0 Å². The van der Waals surface area contributed by atoms with Gasteiger partial charge < -0.3 is 9.47 Å². The second-order valence-electron chi connectivity index (χ2n) is 2.20. The summed E-state index contributed by atoms with van der Waals surface area (Å²) in [6.07, 6.45) is -3.46. The highest BCUT2D eigenvalue weighted by Crippen LogP contribution is 2.32. The van der Waals surface area contributed by atoms with Gasteiger partial charge in [0.05, 0.1) is 19.5 Å². The summed E-state index contributed by atoms with van der Waals surface area (Å²) < 4.78 is 55.9. The number of hydrogen-bond donors (Lipinski definition) is 0. The highest BCUT2D eigenvalue weighted by molar-refractivity contribution is 5.37. The molecule has 7 heteroatoms. The van der Waals surface area contributed by atoms with Crippen molar-refractivity contribution in [2.75, 3.05) is 7.11 Å². The zero-order valence-electron chi connectivity index (χ0n) is 6.93. The van der Waals surface area contributed by atoms with E-state index in [1.165, 1.54) is 0 Å². The van der Waals surface area contributed by atoms with E-state index >= 15 is 0 Å². The van der Waals surface area contributed by atoms with Crippen LogP contribution in [0.3, 0.4) is 0 Å². The fraction of sp³-hybridized carbons (Fsp3) is 0.286. The fourth-order valence-electron chi connectivity index (χ4n) is 0.801. The molecule has 0 aliphatic heterocycles. The Morgan fingerprint density at radius 3 is 2.43 bits per heavy atom. The Bertz CT molecular complexity index is 326. The third kappa shape index (κ3) is 2.48. The second-order valence-corrected chi connectivity index (χ2v) is 2.20. The van der Waals surface area contributed by atoms with E-state index in [1.54, 1.807) is 0 Å². The molecule has 1 heterocycles. The second kappa shape index (κ2) is 3.69. The SMILES string of the molecule is COc1c(F)cncc1OC(F)(F)F. The molecule has 0 N–H and O–H groups in total. The first-order valence-corrected chi connectivity index (χ1v) is 3.37. The highest BCUT2D eigenvalue weighted by Gasteiger charge is 2.33. The van der Waals surface area contributed by atoms with E-state index in [9.17, 15) is 17.6 Å². The molecule has 0 saturated heterocycles. The summed E-state index contributed by atoms with van der Waals surface area (Å²) in [5, 5.41) is 0. The molecular weight excluding hydrogens is 206 g/mol. The van der Waals surface area contributed by atoms with Gasteiger partial charge in [-0.3, -0.25) is 4.98 Å². The van der Waals surface area contributed by atoms with Crippen LogP contribution in [0.1, 0.15) is 0 Å². The minimum absolute atomic E-state index is 0.627. The number of nitrogens with zero attached hydrogens (tertiary/aromatic N) is 1. The van der Waals surface area contributed by atoms with Crippen molar-refractivity contribution in [1.29, 1.82) is 0 Å². The Morgan fingerprint density at radius 1 is 1.29 bits per heavy atom. The maximum Gasteiger partial charge on any atom is 0.573 e. The lowest BCUT2D eigenvalue weighted by atomic mass is 10.4. The lowest BCUT2D eigenvalue weighted by molar-refractivity contribution is -0.275. The first-order valence-electron chi connectivity index (χ1n) is 3.37. The number of ether oxygens (including phenoxy) is 2. The van der Waals surface area contributed by atoms with Gasteiger partial charge in [-0.05, 0) is 0 Å². The average Bonchev–Trinajstić information content (AvgIpc) is 2.01. The molecule has 0 aromatic carbocycles. The van der Waals surface area contributed by atoms with E-state index in [2.05, 4.69) is 14.5 Å². The fourth-order valence-corrected chi connectivity index (χ4v) is 0.801. The van der Waals surface area contributed by atoms with Gasteiger partial charge >= 0.3 is 6.36 Å². The summed E-state index contributed by atoms with van der Waals surface area (Å²) in [5.41, 5.74) is 0. The van der Waals surface area contributed by atoms with Gasteiger partial charge in [-0.25, -0.2) is 4.39 Å². The van der Waals surface area contributed by atoms with E-state index in [4.69, 9.17) is 0 Å². The van der Waals surface area contributed by atoms with Crippen molar-refractivity contribution >= 4 is 0 Å². The summed E-state index contributed by atoms with van der Waals surface area (Å²) in [4.78, 5) is 3.20. The smallest absolute Gasteiger partial charge is 0.490 e. The molecule has 1 aromatic heterocycles. The standard InChI is InChI=1S/C7H5F4NO2/c1-13-6-4(8)2-12-3-5(6)14-7(9,10)11/h2-3H,1H3. The van der Waals surface area contributed by atoms with E-state index in [1.807, 2.05) is 0 Å². The number of halogens is 4. The molecule has 0 atom stereocenters. The van der Waals surface area contributed by atoms with Crippen LogP contribution in [-0.2, 0) is 0 Å². The monoisotopic (exact) mass is 211 g/mol. The van der Waals surface area contributed by atoms with Crippen LogP contribution in [0.5, 0.6) is 11.5 Å². The largest absolute Gasteiger partial charge is 0.573 e. The molecule has 1 aromatic rings. The zero-order chi connectivity index (χ0) is 10.8. The van der Waals surface area contributed by atoms with Crippen LogP contribution >= 0.6 is 0 Å². The molecule has 0 unspecified atom stereocenters. The van der Waals surface area contributed by atoms with Gasteiger partial charge in [0.1, 0.15) is 0 Å². The summed E-state index contributed by atoms with van der Waals surface area (Å²) >= 11 is 0. The van der Waals surface area contributed by atoms with Crippen molar-refractivity contribution in [3.05, 3.63) is 18.2 Å². The molecule has 1 rings (SSSR count). The van der Waals surface area contributed by atoms with E-state index < -0.39 is 23.7 Å². The predicted molar refractivity (Wildman–Crippen MR) is 37.4 cm³/mol. The first kappa shape index (κ1) is 10.6. The van der Waals surface area contributed by atoms with Crippen LogP contribution in [0, 0.1) is 5.82 Å². The summed E-state index contributed by atoms with van der Waals surface area (Å²) in [6, 6.07) is 0. The van der Waals surface area contributed by atoms with Crippen LogP contribution in [-0.4, -0.2) is 18.5 Å². The van der Waals surface area contributed by atoms with Gasteiger partial charge in [-0.15, -0.1) is 13.2 Å². The quantitative estimate of drug-likeness (QED) is 0.702. The van der Waals surface area contributed by atoms with Crippen LogP contribution in [0.4, 0.5) is 17.6 Å². The number of pyridine rings is 1. The van der Waals surface area contributed by atoms with Crippen molar-refractivity contribution < 1.29 is 27.0 Å². The van der Waals surface area contributed by atoms with Gasteiger partial charge in [-0.2, -0.15) is 0 Å². The topological polar surface area (TPSA) is 31.4 Å². The lowest BCUT2D eigenvalue weighted by Crippen LogP contribution is -2.18. The molecule has 0 aliphatic rings. The van der Waals surface area contributed by atoms with Crippen molar-refractivity contribution in [1.82, 2.24) is 4.98 Å². The van der Waals surface area contributed by atoms with E-state index in [0.29, 0.717) is 0 Å². The van der Waals surface area contributed by atoms with Gasteiger partial charge in [0.25, 0.3) is 0 Å². The number of rotatable bonds is 2. The number of alkyl halides is 3. The number of methoxy groups -OCH3 is 1. The van der Waals surface area contributed by atoms with Crippen molar-refractivity contribution in [2.45, 2.75) is 6.36 Å². The summed E-state index contributed by atoms with van der Waals surface area (Å²) in [7, 11) is 1.03. The predicted octanol–water partition coefficient (Wildman–Crippen LogP) is 2.13. The van der Waals surface area contributed by atoms with Crippen LogP contribution < -0.4 is 9.47 Å². The van der Waals surface area contributed by atoms with E-state index in [-0.39, 0.29) is 0 Å². The molecule has 0 bridgehead atoms. The van der Waals surface area contributed by atoms with Gasteiger partial charge in [0.2, 0.25) is 0 Å². The molecular formula is C7H5F4NO2. The Balaban J connectivity index is 3.02. The van der Waals surface area contributed by atoms with Gasteiger partial charge in [0.15, 0.2) is 17.3 Å². The average molecular weight is 211 g/mol. The number of hydrogen-bond acceptors (Lipinski definition) is 3. The third-order valence-electron chi connectivity index (χ3n) is 1.25. The molecule has 0 fully saturated rings.